The zero-order valence-electron chi connectivity index (χ0n) is 9.01. The Balaban J connectivity index is 2.42. The molecule has 0 aliphatic rings. The summed E-state index contributed by atoms with van der Waals surface area (Å²) in [6.07, 6.45) is 1.98. The van der Waals surface area contributed by atoms with Crippen molar-refractivity contribution in [1.29, 1.82) is 0 Å². The van der Waals surface area contributed by atoms with Crippen molar-refractivity contribution in [3.8, 4) is 0 Å². The predicted octanol–water partition coefficient (Wildman–Crippen LogP) is 3.64. The van der Waals surface area contributed by atoms with Gasteiger partial charge < -0.3 is 0 Å². The van der Waals surface area contributed by atoms with Gasteiger partial charge >= 0.3 is 0 Å². The third-order valence-electron chi connectivity index (χ3n) is 2.39. The first kappa shape index (κ1) is 11.0. The summed E-state index contributed by atoms with van der Waals surface area (Å²) in [6.45, 7) is 0. The maximum atomic E-state index is 12.2. The van der Waals surface area contributed by atoms with Crippen LogP contribution in [0, 0.1) is 0 Å². The van der Waals surface area contributed by atoms with E-state index in [1.54, 1.807) is 11.8 Å². The Bertz CT molecular complexity index is 491. The van der Waals surface area contributed by atoms with Crippen LogP contribution < -0.4 is 0 Å². The lowest BCUT2D eigenvalue weighted by atomic mass is 10.0. The zero-order valence-corrected chi connectivity index (χ0v) is 9.83. The molecule has 80 valence electrons. The molecule has 0 saturated heterocycles. The molecule has 0 aromatic heterocycles. The molecule has 0 amide bonds. The minimum Gasteiger partial charge on any atom is -0.289 e. The fourth-order valence-electron chi connectivity index (χ4n) is 1.58. The maximum absolute atomic E-state index is 12.2. The van der Waals surface area contributed by atoms with E-state index in [0.717, 1.165) is 16.0 Å². The third kappa shape index (κ3) is 2.17. The summed E-state index contributed by atoms with van der Waals surface area (Å²) in [4.78, 5) is 13.2. The minimum atomic E-state index is 0.0885. The van der Waals surface area contributed by atoms with E-state index in [9.17, 15) is 4.79 Å². The number of hydrogen-bond donors (Lipinski definition) is 0. The summed E-state index contributed by atoms with van der Waals surface area (Å²) >= 11 is 1.60. The summed E-state index contributed by atoms with van der Waals surface area (Å²) in [6, 6.07) is 17.1. The highest BCUT2D eigenvalue weighted by Gasteiger charge is 2.11. The number of benzene rings is 2. The van der Waals surface area contributed by atoms with Gasteiger partial charge in [-0.05, 0) is 18.4 Å². The average Bonchev–Trinajstić information content (AvgIpc) is 2.39. The molecule has 0 saturated carbocycles. The topological polar surface area (TPSA) is 17.1 Å². The Morgan fingerprint density at radius 3 is 2.25 bits per heavy atom. The van der Waals surface area contributed by atoms with Crippen molar-refractivity contribution in [2.75, 3.05) is 6.26 Å². The molecule has 16 heavy (non-hydrogen) atoms. The SMILES string of the molecule is CSc1ccccc1C(=O)c1ccccc1. The lowest BCUT2D eigenvalue weighted by molar-refractivity contribution is 0.103. The molecule has 1 nitrogen and oxygen atoms in total. The molecule has 2 aromatic carbocycles. The average molecular weight is 228 g/mol. The van der Waals surface area contributed by atoms with E-state index in [2.05, 4.69) is 0 Å². The van der Waals surface area contributed by atoms with Crippen LogP contribution in [-0.4, -0.2) is 12.0 Å². The van der Waals surface area contributed by atoms with Gasteiger partial charge in [0.05, 0.1) is 0 Å². The largest absolute Gasteiger partial charge is 0.289 e. The van der Waals surface area contributed by atoms with Crippen molar-refractivity contribution in [3.05, 3.63) is 65.7 Å². The Labute approximate surface area is 99.5 Å². The predicted molar refractivity (Wildman–Crippen MR) is 68.1 cm³/mol. The van der Waals surface area contributed by atoms with E-state index in [1.807, 2.05) is 60.9 Å². The quantitative estimate of drug-likeness (QED) is 0.589. The molecule has 0 bridgehead atoms. The molecule has 2 rings (SSSR count). The number of ketones is 1. The van der Waals surface area contributed by atoms with Crippen molar-refractivity contribution >= 4 is 17.5 Å². The van der Waals surface area contributed by atoms with E-state index in [0.29, 0.717) is 0 Å². The fourth-order valence-corrected chi connectivity index (χ4v) is 2.17. The van der Waals surface area contributed by atoms with Crippen molar-refractivity contribution in [2.24, 2.45) is 0 Å². The summed E-state index contributed by atoms with van der Waals surface area (Å²) in [5.41, 5.74) is 1.52. The highest BCUT2D eigenvalue weighted by molar-refractivity contribution is 7.98. The van der Waals surface area contributed by atoms with E-state index < -0.39 is 0 Å². The van der Waals surface area contributed by atoms with Crippen molar-refractivity contribution in [1.82, 2.24) is 0 Å². The van der Waals surface area contributed by atoms with Crippen LogP contribution in [0.25, 0.3) is 0 Å². The number of thioether (sulfide) groups is 1. The van der Waals surface area contributed by atoms with Gasteiger partial charge in [-0.25, -0.2) is 0 Å². The van der Waals surface area contributed by atoms with Crippen LogP contribution in [0.1, 0.15) is 15.9 Å². The van der Waals surface area contributed by atoms with Gasteiger partial charge in [0.1, 0.15) is 0 Å². The molecule has 0 heterocycles. The first-order valence-electron chi connectivity index (χ1n) is 5.05. The molecule has 0 atom stereocenters. The molecular formula is C14H12OS. The molecule has 2 heteroatoms. The highest BCUT2D eigenvalue weighted by atomic mass is 32.2. The number of hydrogen-bond acceptors (Lipinski definition) is 2. The van der Waals surface area contributed by atoms with Crippen LogP contribution in [0.15, 0.2) is 59.5 Å². The summed E-state index contributed by atoms with van der Waals surface area (Å²) in [5, 5.41) is 0. The third-order valence-corrected chi connectivity index (χ3v) is 3.18. The Morgan fingerprint density at radius 2 is 1.56 bits per heavy atom. The van der Waals surface area contributed by atoms with E-state index in [1.165, 1.54) is 0 Å². The van der Waals surface area contributed by atoms with Crippen molar-refractivity contribution in [3.63, 3.8) is 0 Å². The van der Waals surface area contributed by atoms with Gasteiger partial charge in [0.25, 0.3) is 0 Å². The van der Waals surface area contributed by atoms with Crippen LogP contribution in [-0.2, 0) is 0 Å². The molecule has 0 spiro atoms. The Kier molecular flexibility index (Phi) is 3.42. The molecule has 0 N–H and O–H groups in total. The molecule has 0 aliphatic carbocycles. The smallest absolute Gasteiger partial charge is 0.194 e. The second-order valence-electron chi connectivity index (χ2n) is 3.40. The maximum Gasteiger partial charge on any atom is 0.194 e. The van der Waals surface area contributed by atoms with Gasteiger partial charge in [0, 0.05) is 16.0 Å². The number of carbonyl (C=O) groups excluding carboxylic acids is 1. The van der Waals surface area contributed by atoms with Crippen LogP contribution in [0.2, 0.25) is 0 Å². The molecular weight excluding hydrogens is 216 g/mol. The van der Waals surface area contributed by atoms with Gasteiger partial charge in [-0.2, -0.15) is 0 Å². The Hall–Kier alpha value is -1.54. The molecule has 0 fully saturated rings. The van der Waals surface area contributed by atoms with Crippen LogP contribution in [0.5, 0.6) is 0 Å². The first-order chi connectivity index (χ1) is 7.83. The molecule has 0 aliphatic heterocycles. The summed E-state index contributed by atoms with van der Waals surface area (Å²) in [5.74, 6) is 0.0885. The van der Waals surface area contributed by atoms with Crippen LogP contribution in [0.3, 0.4) is 0 Å². The standard InChI is InChI=1S/C14H12OS/c1-16-13-10-6-5-9-12(13)14(15)11-7-3-2-4-8-11/h2-10H,1H3. The van der Waals surface area contributed by atoms with E-state index in [-0.39, 0.29) is 5.78 Å². The van der Waals surface area contributed by atoms with Gasteiger partial charge in [0.15, 0.2) is 5.78 Å². The minimum absolute atomic E-state index is 0.0885. The van der Waals surface area contributed by atoms with E-state index in [4.69, 9.17) is 0 Å². The molecule has 0 unspecified atom stereocenters. The lowest BCUT2D eigenvalue weighted by Crippen LogP contribution is -2.02. The first-order valence-corrected chi connectivity index (χ1v) is 6.28. The fraction of sp³-hybridized carbons (Fsp3) is 0.0714. The van der Waals surface area contributed by atoms with Crippen LogP contribution >= 0.6 is 11.8 Å². The molecule has 0 radical (unpaired) electrons. The van der Waals surface area contributed by atoms with Gasteiger partial charge in [0.2, 0.25) is 0 Å². The lowest BCUT2D eigenvalue weighted by Gasteiger charge is -2.05. The second kappa shape index (κ2) is 4.99. The summed E-state index contributed by atoms with van der Waals surface area (Å²) in [7, 11) is 0. The van der Waals surface area contributed by atoms with Gasteiger partial charge in [-0.3, -0.25) is 4.79 Å². The second-order valence-corrected chi connectivity index (χ2v) is 4.24. The number of rotatable bonds is 3. The van der Waals surface area contributed by atoms with E-state index >= 15 is 0 Å². The van der Waals surface area contributed by atoms with Crippen molar-refractivity contribution < 1.29 is 4.79 Å². The molecule has 2 aromatic rings. The zero-order chi connectivity index (χ0) is 11.4. The highest BCUT2D eigenvalue weighted by Crippen LogP contribution is 2.22. The summed E-state index contributed by atoms with van der Waals surface area (Å²) < 4.78 is 0. The van der Waals surface area contributed by atoms with Gasteiger partial charge in [-0.1, -0.05) is 42.5 Å². The Morgan fingerprint density at radius 1 is 0.938 bits per heavy atom. The normalized spacial score (nSPS) is 10.1. The monoisotopic (exact) mass is 228 g/mol. The van der Waals surface area contributed by atoms with Crippen molar-refractivity contribution in [2.45, 2.75) is 4.90 Å². The number of carbonyl (C=O) groups is 1. The van der Waals surface area contributed by atoms with Gasteiger partial charge in [-0.15, -0.1) is 11.8 Å². The van der Waals surface area contributed by atoms with Crippen LogP contribution in [0.4, 0.5) is 0 Å².